The molecule has 1 aromatic carbocycles. The summed E-state index contributed by atoms with van der Waals surface area (Å²) < 4.78 is 4.89. The lowest BCUT2D eigenvalue weighted by Gasteiger charge is -2.11. The molecule has 6 nitrogen and oxygen atoms in total. The number of anilines is 2. The predicted molar refractivity (Wildman–Crippen MR) is 96.2 cm³/mol. The van der Waals surface area contributed by atoms with E-state index >= 15 is 0 Å². The van der Waals surface area contributed by atoms with Gasteiger partial charge in [-0.1, -0.05) is 24.2 Å². The van der Waals surface area contributed by atoms with Gasteiger partial charge in [-0.25, -0.2) is 0 Å². The van der Waals surface area contributed by atoms with Crippen molar-refractivity contribution >= 4 is 35.1 Å². The van der Waals surface area contributed by atoms with Crippen molar-refractivity contribution in [3.8, 4) is 0 Å². The molecule has 0 unspecified atom stereocenters. The quantitative estimate of drug-likeness (QED) is 0.803. The number of amides is 2. The second kappa shape index (κ2) is 8.54. The Morgan fingerprint density at radius 1 is 1.29 bits per heavy atom. The Kier molecular flexibility index (Phi) is 6.43. The normalized spacial score (nSPS) is 11.8. The van der Waals surface area contributed by atoms with Crippen molar-refractivity contribution in [3.05, 3.63) is 41.7 Å². The highest BCUT2D eigenvalue weighted by atomic mass is 32.2. The lowest BCUT2D eigenvalue weighted by molar-refractivity contribution is -0.115. The summed E-state index contributed by atoms with van der Waals surface area (Å²) in [7, 11) is 0. The smallest absolute Gasteiger partial charge is 0.238 e. The van der Waals surface area contributed by atoms with E-state index in [0.717, 1.165) is 17.7 Å². The third kappa shape index (κ3) is 5.42. The first kappa shape index (κ1) is 18.1. The summed E-state index contributed by atoms with van der Waals surface area (Å²) in [6, 6.07) is 9.37. The van der Waals surface area contributed by atoms with Gasteiger partial charge in [0.1, 0.15) is 5.76 Å². The third-order valence-electron chi connectivity index (χ3n) is 3.33. The maximum absolute atomic E-state index is 12.0. The molecule has 1 atom stereocenters. The molecule has 2 amide bonds. The molecule has 2 N–H and O–H groups in total. The highest BCUT2D eigenvalue weighted by molar-refractivity contribution is 8.01. The molecule has 0 aliphatic heterocycles. The second-order valence-corrected chi connectivity index (χ2v) is 6.70. The summed E-state index contributed by atoms with van der Waals surface area (Å²) in [4.78, 5) is 24.0. The van der Waals surface area contributed by atoms with Crippen LogP contribution in [0.15, 0.2) is 34.9 Å². The molecule has 0 aliphatic carbocycles. The lowest BCUT2D eigenvalue weighted by Crippen LogP contribution is -2.25. The van der Waals surface area contributed by atoms with E-state index in [0.29, 0.717) is 11.6 Å². The number of nitrogens with zero attached hydrogens (tertiary/aromatic N) is 1. The molecular weight excluding hydrogens is 326 g/mol. The van der Waals surface area contributed by atoms with Crippen molar-refractivity contribution in [2.45, 2.75) is 32.4 Å². The van der Waals surface area contributed by atoms with Crippen LogP contribution in [-0.2, 0) is 16.0 Å². The van der Waals surface area contributed by atoms with Gasteiger partial charge >= 0.3 is 0 Å². The van der Waals surface area contributed by atoms with Gasteiger partial charge in [-0.05, 0) is 38.0 Å². The number of nitrogens with one attached hydrogen (secondary N) is 2. The van der Waals surface area contributed by atoms with Crippen LogP contribution in [0.4, 0.5) is 11.5 Å². The van der Waals surface area contributed by atoms with Gasteiger partial charge < -0.3 is 15.2 Å². The highest BCUT2D eigenvalue weighted by Crippen LogP contribution is 2.16. The van der Waals surface area contributed by atoms with Gasteiger partial charge in [0.05, 0.1) is 11.0 Å². The van der Waals surface area contributed by atoms with E-state index in [9.17, 15) is 9.59 Å². The van der Waals surface area contributed by atoms with E-state index in [1.54, 1.807) is 19.9 Å². The van der Waals surface area contributed by atoms with Crippen molar-refractivity contribution in [2.75, 3.05) is 16.4 Å². The predicted octanol–water partition coefficient (Wildman–Crippen LogP) is 3.24. The molecule has 0 radical (unpaired) electrons. The molecular formula is C17H21N3O3S. The Hall–Kier alpha value is -2.28. The van der Waals surface area contributed by atoms with E-state index in [4.69, 9.17) is 4.52 Å². The van der Waals surface area contributed by atoms with Crippen molar-refractivity contribution in [3.63, 3.8) is 0 Å². The van der Waals surface area contributed by atoms with Crippen molar-refractivity contribution < 1.29 is 14.1 Å². The molecule has 128 valence electrons. The van der Waals surface area contributed by atoms with Crippen LogP contribution in [-0.4, -0.2) is 28.0 Å². The van der Waals surface area contributed by atoms with Crippen molar-refractivity contribution in [1.82, 2.24) is 5.16 Å². The van der Waals surface area contributed by atoms with Crippen LogP contribution in [0.2, 0.25) is 0 Å². The maximum Gasteiger partial charge on any atom is 0.238 e. The molecule has 0 fully saturated rings. The van der Waals surface area contributed by atoms with Gasteiger partial charge in [-0.15, -0.1) is 11.8 Å². The first-order chi connectivity index (χ1) is 11.5. The van der Waals surface area contributed by atoms with Crippen LogP contribution in [0.1, 0.15) is 25.2 Å². The summed E-state index contributed by atoms with van der Waals surface area (Å²) in [5.41, 5.74) is 1.94. The van der Waals surface area contributed by atoms with Gasteiger partial charge in [-0.2, -0.15) is 0 Å². The molecule has 0 aliphatic rings. The Bertz CT molecular complexity index is 715. The SMILES string of the molecule is CCc1cccc(NC(=O)CS[C@@H](C)C(=O)Nc2cc(C)on2)c1. The number of thioether (sulfide) groups is 1. The van der Waals surface area contributed by atoms with Crippen molar-refractivity contribution in [1.29, 1.82) is 0 Å². The summed E-state index contributed by atoms with van der Waals surface area (Å²) >= 11 is 1.27. The van der Waals surface area contributed by atoms with Gasteiger partial charge in [0.15, 0.2) is 5.82 Å². The summed E-state index contributed by atoms with van der Waals surface area (Å²) in [6.07, 6.45) is 0.914. The standard InChI is InChI=1S/C17H21N3O3S/c1-4-13-6-5-7-14(9-13)18-16(21)10-24-12(3)17(22)19-15-8-11(2)23-20-15/h5-9,12H,4,10H2,1-3H3,(H,18,21)(H,19,20,22)/t12-/m0/s1. The first-order valence-corrected chi connectivity index (χ1v) is 8.77. The average molecular weight is 347 g/mol. The molecule has 24 heavy (non-hydrogen) atoms. The molecule has 2 rings (SSSR count). The minimum absolute atomic E-state index is 0.134. The van der Waals surface area contributed by atoms with E-state index in [1.807, 2.05) is 24.3 Å². The van der Waals surface area contributed by atoms with E-state index in [2.05, 4.69) is 22.7 Å². The number of aryl methyl sites for hydroxylation is 2. The minimum Gasteiger partial charge on any atom is -0.360 e. The molecule has 7 heteroatoms. The second-order valence-electron chi connectivity index (χ2n) is 5.37. The molecule has 1 aromatic heterocycles. The van der Waals surface area contributed by atoms with Crippen LogP contribution in [0.3, 0.4) is 0 Å². The summed E-state index contributed by atoms with van der Waals surface area (Å²) in [5, 5.41) is 8.83. The summed E-state index contributed by atoms with van der Waals surface area (Å²) in [5.74, 6) is 0.854. The topological polar surface area (TPSA) is 84.2 Å². The van der Waals surface area contributed by atoms with Crippen LogP contribution < -0.4 is 10.6 Å². The number of hydrogen-bond donors (Lipinski definition) is 2. The average Bonchev–Trinajstić information content (AvgIpc) is 2.97. The zero-order valence-corrected chi connectivity index (χ0v) is 14.8. The van der Waals surface area contributed by atoms with Crippen LogP contribution in [0.25, 0.3) is 0 Å². The Morgan fingerprint density at radius 3 is 2.75 bits per heavy atom. The lowest BCUT2D eigenvalue weighted by atomic mass is 10.1. The number of benzene rings is 1. The van der Waals surface area contributed by atoms with E-state index in [1.165, 1.54) is 11.8 Å². The molecule has 1 heterocycles. The van der Waals surface area contributed by atoms with Crippen molar-refractivity contribution in [2.24, 2.45) is 0 Å². The maximum atomic E-state index is 12.0. The fourth-order valence-corrected chi connectivity index (χ4v) is 2.68. The zero-order chi connectivity index (χ0) is 17.5. The number of carbonyl (C=O) groups excluding carboxylic acids is 2. The Morgan fingerprint density at radius 2 is 2.08 bits per heavy atom. The number of carbonyl (C=O) groups is 2. The van der Waals surface area contributed by atoms with Crippen LogP contribution in [0, 0.1) is 6.92 Å². The molecule has 0 bridgehead atoms. The fourth-order valence-electron chi connectivity index (χ4n) is 2.00. The van der Waals surface area contributed by atoms with E-state index in [-0.39, 0.29) is 22.8 Å². The van der Waals surface area contributed by atoms with Gasteiger partial charge in [0.2, 0.25) is 11.8 Å². The largest absolute Gasteiger partial charge is 0.360 e. The number of hydrogen-bond acceptors (Lipinski definition) is 5. The third-order valence-corrected chi connectivity index (χ3v) is 4.47. The van der Waals surface area contributed by atoms with Gasteiger partial charge in [-0.3, -0.25) is 9.59 Å². The van der Waals surface area contributed by atoms with Gasteiger partial charge in [0.25, 0.3) is 0 Å². The zero-order valence-electron chi connectivity index (χ0n) is 14.0. The highest BCUT2D eigenvalue weighted by Gasteiger charge is 2.16. The molecule has 0 spiro atoms. The first-order valence-electron chi connectivity index (χ1n) is 7.72. The minimum atomic E-state index is -0.380. The summed E-state index contributed by atoms with van der Waals surface area (Å²) in [6.45, 7) is 5.56. The monoisotopic (exact) mass is 347 g/mol. The Labute approximate surface area is 145 Å². The van der Waals surface area contributed by atoms with Crippen LogP contribution in [0.5, 0.6) is 0 Å². The number of rotatable bonds is 7. The molecule has 2 aromatic rings. The van der Waals surface area contributed by atoms with Gasteiger partial charge in [0, 0.05) is 11.8 Å². The van der Waals surface area contributed by atoms with E-state index < -0.39 is 0 Å². The Balaban J connectivity index is 1.78. The fraction of sp³-hybridized carbons (Fsp3) is 0.353. The molecule has 0 saturated carbocycles. The van der Waals surface area contributed by atoms with Crippen LogP contribution >= 0.6 is 11.8 Å². The molecule has 0 saturated heterocycles. The number of aromatic nitrogens is 1.